The van der Waals surface area contributed by atoms with Crippen molar-refractivity contribution in [3.8, 4) is 5.75 Å². The zero-order chi connectivity index (χ0) is 15.3. The first-order valence-electron chi connectivity index (χ1n) is 6.25. The molecule has 1 rings (SSSR count). The molecular weight excluding hydrogens is 282 g/mol. The number of methoxy groups -OCH3 is 1. The molecule has 0 spiro atoms. The molecule has 0 aliphatic rings. The lowest BCUT2D eigenvalue weighted by atomic mass is 10.2. The summed E-state index contributed by atoms with van der Waals surface area (Å²) in [7, 11) is -2.48. The van der Waals surface area contributed by atoms with Crippen LogP contribution in [-0.4, -0.2) is 32.6 Å². The van der Waals surface area contributed by atoms with Crippen LogP contribution < -0.4 is 9.46 Å². The van der Waals surface area contributed by atoms with E-state index in [2.05, 4.69) is 4.72 Å². The van der Waals surface area contributed by atoms with Crippen LogP contribution in [-0.2, 0) is 10.0 Å². The highest BCUT2D eigenvalue weighted by Gasteiger charge is 2.23. The van der Waals surface area contributed by atoms with Gasteiger partial charge < -0.3 is 9.84 Å². The van der Waals surface area contributed by atoms with Crippen LogP contribution in [0.1, 0.15) is 37.0 Å². The molecule has 0 aliphatic carbocycles. The van der Waals surface area contributed by atoms with Gasteiger partial charge in [-0.05, 0) is 31.5 Å². The summed E-state index contributed by atoms with van der Waals surface area (Å²) in [6.07, 6.45) is 1.54. The van der Waals surface area contributed by atoms with Crippen LogP contribution in [0.3, 0.4) is 0 Å². The third-order valence-corrected chi connectivity index (χ3v) is 4.39. The minimum absolute atomic E-state index is 0.102. The van der Waals surface area contributed by atoms with Gasteiger partial charge in [-0.15, -0.1) is 0 Å². The molecule has 0 bridgehead atoms. The van der Waals surface area contributed by atoms with E-state index in [9.17, 15) is 13.2 Å². The number of nitrogens with one attached hydrogen (secondary N) is 1. The monoisotopic (exact) mass is 301 g/mol. The van der Waals surface area contributed by atoms with E-state index in [0.717, 1.165) is 12.5 Å². The fraction of sp³-hybridized carbons (Fsp3) is 0.462. The summed E-state index contributed by atoms with van der Waals surface area (Å²) in [5, 5.41) is 8.95. The van der Waals surface area contributed by atoms with Gasteiger partial charge in [0.2, 0.25) is 10.0 Å². The molecule has 0 heterocycles. The van der Waals surface area contributed by atoms with E-state index in [4.69, 9.17) is 9.84 Å². The molecule has 6 nitrogen and oxygen atoms in total. The van der Waals surface area contributed by atoms with Crippen LogP contribution >= 0.6 is 0 Å². The summed E-state index contributed by atoms with van der Waals surface area (Å²) in [5.74, 6) is -1.07. The Hall–Kier alpha value is -1.60. The molecule has 0 fully saturated rings. The molecule has 7 heteroatoms. The Morgan fingerprint density at radius 2 is 2.10 bits per heavy atom. The van der Waals surface area contributed by atoms with E-state index >= 15 is 0 Å². The van der Waals surface area contributed by atoms with E-state index in [1.165, 1.54) is 19.2 Å². The van der Waals surface area contributed by atoms with Gasteiger partial charge in [-0.3, -0.25) is 0 Å². The highest BCUT2D eigenvalue weighted by molar-refractivity contribution is 7.89. The average molecular weight is 301 g/mol. The van der Waals surface area contributed by atoms with Crippen LogP contribution in [0.15, 0.2) is 23.1 Å². The van der Waals surface area contributed by atoms with Gasteiger partial charge in [0.05, 0.1) is 12.7 Å². The number of hydrogen-bond acceptors (Lipinski definition) is 4. The Morgan fingerprint density at radius 3 is 2.60 bits per heavy atom. The van der Waals surface area contributed by atoms with Gasteiger partial charge in [0.25, 0.3) is 0 Å². The third kappa shape index (κ3) is 3.94. The van der Waals surface area contributed by atoms with E-state index < -0.39 is 16.0 Å². The number of aromatic carboxylic acids is 1. The van der Waals surface area contributed by atoms with Gasteiger partial charge in [0, 0.05) is 6.04 Å². The second-order valence-corrected chi connectivity index (χ2v) is 6.16. The van der Waals surface area contributed by atoms with Crippen LogP contribution in [0.4, 0.5) is 0 Å². The third-order valence-electron chi connectivity index (χ3n) is 2.78. The molecule has 1 aromatic carbocycles. The first-order valence-corrected chi connectivity index (χ1v) is 7.73. The molecule has 0 amide bonds. The molecule has 0 radical (unpaired) electrons. The van der Waals surface area contributed by atoms with Crippen molar-refractivity contribution in [1.29, 1.82) is 0 Å². The summed E-state index contributed by atoms with van der Waals surface area (Å²) in [6.45, 7) is 3.71. The SMILES string of the molecule is CCC[C@@H](C)NS(=O)(=O)c1cc(C(=O)O)ccc1OC. The molecule has 0 saturated carbocycles. The molecular formula is C13H19NO5S. The van der Waals surface area contributed by atoms with E-state index in [1.54, 1.807) is 6.92 Å². The Kier molecular flexibility index (Phi) is 5.52. The van der Waals surface area contributed by atoms with Gasteiger partial charge in [-0.2, -0.15) is 0 Å². The number of carboxylic acid groups (broad SMARTS) is 1. The maximum atomic E-state index is 12.3. The maximum Gasteiger partial charge on any atom is 0.335 e. The Balaban J connectivity index is 3.21. The topological polar surface area (TPSA) is 92.7 Å². The predicted molar refractivity (Wildman–Crippen MR) is 74.6 cm³/mol. The highest BCUT2D eigenvalue weighted by atomic mass is 32.2. The average Bonchev–Trinajstić information content (AvgIpc) is 2.37. The van der Waals surface area contributed by atoms with E-state index in [-0.39, 0.29) is 22.3 Å². The van der Waals surface area contributed by atoms with Crippen molar-refractivity contribution in [2.45, 2.75) is 37.6 Å². The van der Waals surface area contributed by atoms with Crippen molar-refractivity contribution in [3.63, 3.8) is 0 Å². The number of benzene rings is 1. The van der Waals surface area contributed by atoms with Crippen molar-refractivity contribution in [2.75, 3.05) is 7.11 Å². The van der Waals surface area contributed by atoms with E-state index in [0.29, 0.717) is 6.42 Å². The highest BCUT2D eigenvalue weighted by Crippen LogP contribution is 2.25. The molecule has 0 aromatic heterocycles. The lowest BCUT2D eigenvalue weighted by molar-refractivity contribution is 0.0696. The first kappa shape index (κ1) is 16.5. The Bertz CT molecular complexity index is 582. The minimum atomic E-state index is -3.82. The van der Waals surface area contributed by atoms with Crippen molar-refractivity contribution >= 4 is 16.0 Å². The van der Waals surface area contributed by atoms with Crippen LogP contribution in [0.2, 0.25) is 0 Å². The minimum Gasteiger partial charge on any atom is -0.495 e. The summed E-state index contributed by atoms with van der Waals surface area (Å²) >= 11 is 0. The number of ether oxygens (including phenoxy) is 1. The first-order chi connectivity index (χ1) is 9.31. The van der Waals surface area contributed by atoms with Gasteiger partial charge in [-0.25, -0.2) is 17.9 Å². The lowest BCUT2D eigenvalue weighted by Gasteiger charge is -2.15. The number of sulfonamides is 1. The second-order valence-electron chi connectivity index (χ2n) is 4.48. The standard InChI is InChI=1S/C13H19NO5S/c1-4-5-9(2)14-20(17,18)12-8-10(13(15)16)6-7-11(12)19-3/h6-9,14H,4-5H2,1-3H3,(H,15,16)/t9-/m1/s1. The van der Waals surface area contributed by atoms with Crippen molar-refractivity contribution in [2.24, 2.45) is 0 Å². The summed E-state index contributed by atoms with van der Waals surface area (Å²) in [4.78, 5) is 10.8. The molecule has 0 saturated heterocycles. The number of carboxylic acids is 1. The molecule has 112 valence electrons. The zero-order valence-corrected chi connectivity index (χ0v) is 12.5. The molecule has 0 aliphatic heterocycles. The summed E-state index contributed by atoms with van der Waals surface area (Å²) in [5.41, 5.74) is -0.102. The summed E-state index contributed by atoms with van der Waals surface area (Å²) < 4.78 is 32.1. The van der Waals surface area contributed by atoms with E-state index in [1.807, 2.05) is 6.92 Å². The summed E-state index contributed by atoms with van der Waals surface area (Å²) in [6, 6.07) is 3.50. The Labute approximate surface area is 118 Å². The molecule has 2 N–H and O–H groups in total. The van der Waals surface area contributed by atoms with Gasteiger partial charge >= 0.3 is 5.97 Å². The predicted octanol–water partition coefficient (Wildman–Crippen LogP) is 1.86. The van der Waals surface area contributed by atoms with Crippen molar-refractivity contribution in [1.82, 2.24) is 4.72 Å². The fourth-order valence-corrected chi connectivity index (χ4v) is 3.31. The Morgan fingerprint density at radius 1 is 1.45 bits per heavy atom. The van der Waals surface area contributed by atoms with Crippen molar-refractivity contribution in [3.05, 3.63) is 23.8 Å². The maximum absolute atomic E-state index is 12.3. The zero-order valence-electron chi connectivity index (χ0n) is 11.7. The largest absolute Gasteiger partial charge is 0.495 e. The fourth-order valence-electron chi connectivity index (χ4n) is 1.84. The molecule has 20 heavy (non-hydrogen) atoms. The van der Waals surface area contributed by atoms with Gasteiger partial charge in [-0.1, -0.05) is 13.3 Å². The second kappa shape index (κ2) is 6.71. The number of hydrogen-bond donors (Lipinski definition) is 2. The normalized spacial score (nSPS) is 12.9. The van der Waals surface area contributed by atoms with Gasteiger partial charge in [0.15, 0.2) is 0 Å². The van der Waals surface area contributed by atoms with Crippen LogP contribution in [0.5, 0.6) is 5.75 Å². The smallest absolute Gasteiger partial charge is 0.335 e. The molecule has 1 aromatic rings. The molecule has 1 atom stereocenters. The molecule has 0 unspecified atom stereocenters. The van der Waals surface area contributed by atoms with Gasteiger partial charge in [0.1, 0.15) is 10.6 Å². The number of carbonyl (C=O) groups is 1. The lowest BCUT2D eigenvalue weighted by Crippen LogP contribution is -2.32. The number of rotatable bonds is 7. The van der Waals surface area contributed by atoms with Crippen LogP contribution in [0.25, 0.3) is 0 Å². The van der Waals surface area contributed by atoms with Crippen LogP contribution in [0, 0.1) is 0 Å². The quantitative estimate of drug-likeness (QED) is 0.802. The van der Waals surface area contributed by atoms with Crippen molar-refractivity contribution < 1.29 is 23.1 Å².